The van der Waals surface area contributed by atoms with E-state index in [0.29, 0.717) is 13.0 Å². The minimum absolute atomic E-state index is 0.00859. The Morgan fingerprint density at radius 1 is 1.10 bits per heavy atom. The van der Waals surface area contributed by atoms with E-state index < -0.39 is 19.5 Å². The first kappa shape index (κ1) is 18.1. The molecule has 0 bridgehead atoms. The highest BCUT2D eigenvalue weighted by Crippen LogP contribution is 2.43. The minimum Gasteiger partial charge on any atom is -0.414 e. The monoisotopic (exact) mass is 304 g/mol. The Hall–Kier alpha value is 0.0569. The molecule has 0 aromatic rings. The van der Waals surface area contributed by atoms with Gasteiger partial charge in [0.15, 0.2) is 8.32 Å². The molecule has 20 heavy (non-hydrogen) atoms. The number of rotatable bonds is 6. The van der Waals surface area contributed by atoms with Gasteiger partial charge in [-0.3, -0.25) is 0 Å². The van der Waals surface area contributed by atoms with Crippen LogP contribution in [0.25, 0.3) is 0 Å². The van der Waals surface area contributed by atoms with Gasteiger partial charge >= 0.3 is 0 Å². The fourth-order valence-corrected chi connectivity index (χ4v) is 3.15. The molecule has 2 atom stereocenters. The van der Waals surface area contributed by atoms with E-state index in [4.69, 9.17) is 14.2 Å². The van der Waals surface area contributed by atoms with Crippen LogP contribution in [0.1, 0.15) is 53.9 Å². The maximum atomic E-state index is 9.56. The summed E-state index contributed by atoms with van der Waals surface area (Å²) in [6.07, 6.45) is 2.26. The van der Waals surface area contributed by atoms with E-state index in [2.05, 4.69) is 40.8 Å². The second kappa shape index (κ2) is 6.05. The van der Waals surface area contributed by atoms with Gasteiger partial charge < -0.3 is 9.53 Å². The van der Waals surface area contributed by atoms with Gasteiger partial charge in [0.2, 0.25) is 0 Å². The highest BCUT2D eigenvalue weighted by molar-refractivity contribution is 6.74. The van der Waals surface area contributed by atoms with Crippen LogP contribution in [0.2, 0.25) is 18.1 Å². The van der Waals surface area contributed by atoms with Crippen molar-refractivity contribution in [2.24, 2.45) is 0 Å². The Labute approximate surface area is 124 Å². The van der Waals surface area contributed by atoms with Crippen molar-refractivity contribution in [3.63, 3.8) is 0 Å². The highest BCUT2D eigenvalue weighted by atomic mass is 28.4. The average Bonchev–Trinajstić information content (AvgIpc) is 2.76. The summed E-state index contributed by atoms with van der Waals surface area (Å²) in [7, 11) is -1.80. The molecule has 0 spiro atoms. The summed E-state index contributed by atoms with van der Waals surface area (Å²) in [4.78, 5) is 11.1. The molecule has 0 radical (unpaired) electrons. The lowest BCUT2D eigenvalue weighted by Crippen LogP contribution is -2.46. The van der Waals surface area contributed by atoms with Crippen molar-refractivity contribution in [1.29, 1.82) is 0 Å². The lowest BCUT2D eigenvalue weighted by Gasteiger charge is -2.38. The van der Waals surface area contributed by atoms with Crippen LogP contribution in [0, 0.1) is 0 Å². The molecule has 4 nitrogen and oxygen atoms in total. The molecule has 1 N–H and O–H groups in total. The Balaban J connectivity index is 2.75. The molecule has 0 aromatic heterocycles. The maximum absolute atomic E-state index is 9.56. The summed E-state index contributed by atoms with van der Waals surface area (Å²) in [5, 5.41) is 9.75. The molecule has 1 aliphatic heterocycles. The summed E-state index contributed by atoms with van der Waals surface area (Å²) in [6, 6.07) is 0. The summed E-state index contributed by atoms with van der Waals surface area (Å²) in [5.74, 6) is 0. The molecule has 5 heteroatoms. The van der Waals surface area contributed by atoms with Crippen molar-refractivity contribution in [2.75, 3.05) is 13.2 Å². The van der Waals surface area contributed by atoms with Crippen molar-refractivity contribution in [2.45, 2.75) is 83.2 Å². The molecule has 1 fully saturated rings. The van der Waals surface area contributed by atoms with E-state index in [0.717, 1.165) is 12.8 Å². The predicted molar refractivity (Wildman–Crippen MR) is 83.1 cm³/mol. The Morgan fingerprint density at radius 2 is 1.60 bits per heavy atom. The van der Waals surface area contributed by atoms with Gasteiger partial charge in [-0.05, 0) is 31.0 Å². The molecule has 1 aliphatic rings. The fraction of sp³-hybridized carbons (Fsp3) is 1.00. The topological polar surface area (TPSA) is 47.9 Å². The van der Waals surface area contributed by atoms with Crippen LogP contribution in [0.5, 0.6) is 0 Å². The Kier molecular flexibility index (Phi) is 5.47. The van der Waals surface area contributed by atoms with Crippen LogP contribution in [-0.4, -0.2) is 37.8 Å². The largest absolute Gasteiger partial charge is 0.414 e. The van der Waals surface area contributed by atoms with Gasteiger partial charge in [-0.25, -0.2) is 9.78 Å². The zero-order chi connectivity index (χ0) is 15.7. The molecular weight excluding hydrogens is 272 g/mol. The molecule has 0 aliphatic carbocycles. The van der Waals surface area contributed by atoms with Crippen molar-refractivity contribution >= 4 is 8.32 Å². The van der Waals surface area contributed by atoms with Gasteiger partial charge in [0.1, 0.15) is 11.2 Å². The third-order valence-electron chi connectivity index (χ3n) is 5.12. The molecule has 0 saturated carbocycles. The zero-order valence-corrected chi connectivity index (χ0v) is 15.2. The highest BCUT2D eigenvalue weighted by Gasteiger charge is 2.51. The number of aliphatic hydroxyl groups is 1. The summed E-state index contributed by atoms with van der Waals surface area (Å²) < 4.78 is 6.31. The summed E-state index contributed by atoms with van der Waals surface area (Å²) in [5.41, 5.74) is -0.985. The second-order valence-corrected chi connectivity index (χ2v) is 12.4. The van der Waals surface area contributed by atoms with Gasteiger partial charge in [-0.15, -0.1) is 0 Å². The SMILES string of the molecule is CC[C@]1(CO)C[C@@](CC)(CO[Si](C)(C)C(C)(C)C)OO1. The van der Waals surface area contributed by atoms with Crippen LogP contribution in [-0.2, 0) is 14.2 Å². The van der Waals surface area contributed by atoms with Crippen LogP contribution < -0.4 is 0 Å². The van der Waals surface area contributed by atoms with E-state index in [1.807, 2.05) is 6.92 Å². The molecule has 1 heterocycles. The van der Waals surface area contributed by atoms with E-state index in [-0.39, 0.29) is 11.6 Å². The fourth-order valence-electron chi connectivity index (χ4n) is 2.09. The molecule has 0 unspecified atom stereocenters. The minimum atomic E-state index is -1.80. The van der Waals surface area contributed by atoms with Crippen molar-refractivity contribution in [3.8, 4) is 0 Å². The standard InChI is InChI=1S/C15H32O4Si/c1-8-14(11-16)10-15(9-2,19-18-14)12-17-20(6,7)13(3,4)5/h16H,8-12H2,1-7H3/t14-,15+/m1/s1. The first-order valence-electron chi connectivity index (χ1n) is 7.67. The van der Waals surface area contributed by atoms with Crippen molar-refractivity contribution in [1.82, 2.24) is 0 Å². The number of hydrogen-bond acceptors (Lipinski definition) is 4. The van der Waals surface area contributed by atoms with Gasteiger partial charge in [0, 0.05) is 6.42 Å². The second-order valence-electron chi connectivity index (χ2n) is 7.62. The van der Waals surface area contributed by atoms with Crippen LogP contribution >= 0.6 is 0 Å². The smallest absolute Gasteiger partial charge is 0.192 e. The third kappa shape index (κ3) is 3.63. The normalized spacial score (nSPS) is 31.8. The quantitative estimate of drug-likeness (QED) is 0.601. The van der Waals surface area contributed by atoms with Crippen LogP contribution in [0.4, 0.5) is 0 Å². The Bertz CT molecular complexity index is 320. The molecule has 120 valence electrons. The summed E-state index contributed by atoms with van der Waals surface area (Å²) >= 11 is 0. The number of hydrogen-bond donors (Lipinski definition) is 1. The van der Waals surface area contributed by atoms with E-state index in [9.17, 15) is 5.11 Å². The third-order valence-corrected chi connectivity index (χ3v) is 9.60. The molecule has 1 saturated heterocycles. The predicted octanol–water partition coefficient (Wildman–Crippen LogP) is 3.65. The average molecular weight is 305 g/mol. The van der Waals surface area contributed by atoms with Gasteiger partial charge in [0.25, 0.3) is 0 Å². The molecule has 0 aromatic carbocycles. The molecule has 0 amide bonds. The van der Waals surface area contributed by atoms with Crippen molar-refractivity contribution in [3.05, 3.63) is 0 Å². The lowest BCUT2D eigenvalue weighted by atomic mass is 9.85. The van der Waals surface area contributed by atoms with Gasteiger partial charge in [-0.1, -0.05) is 34.6 Å². The molecule has 1 rings (SSSR count). The van der Waals surface area contributed by atoms with E-state index in [1.54, 1.807) is 0 Å². The molecular formula is C15H32O4Si. The van der Waals surface area contributed by atoms with Crippen LogP contribution in [0.15, 0.2) is 0 Å². The van der Waals surface area contributed by atoms with Crippen LogP contribution in [0.3, 0.4) is 0 Å². The first-order valence-corrected chi connectivity index (χ1v) is 10.6. The van der Waals surface area contributed by atoms with Gasteiger partial charge in [-0.2, -0.15) is 0 Å². The summed E-state index contributed by atoms with van der Waals surface area (Å²) in [6.45, 7) is 15.8. The van der Waals surface area contributed by atoms with Gasteiger partial charge in [0.05, 0.1) is 13.2 Å². The van der Waals surface area contributed by atoms with E-state index >= 15 is 0 Å². The maximum Gasteiger partial charge on any atom is 0.192 e. The van der Waals surface area contributed by atoms with E-state index in [1.165, 1.54) is 0 Å². The number of aliphatic hydroxyl groups excluding tert-OH is 1. The lowest BCUT2D eigenvalue weighted by molar-refractivity contribution is -0.358. The van der Waals surface area contributed by atoms with Crippen molar-refractivity contribution < 1.29 is 19.3 Å². The first-order chi connectivity index (χ1) is 9.05. The Morgan fingerprint density at radius 3 is 1.95 bits per heavy atom. The zero-order valence-electron chi connectivity index (χ0n) is 14.2.